The van der Waals surface area contributed by atoms with E-state index in [4.69, 9.17) is 4.74 Å². The molecule has 24 heavy (non-hydrogen) atoms. The Kier molecular flexibility index (Phi) is 4.24. The molecule has 126 valence electrons. The summed E-state index contributed by atoms with van der Waals surface area (Å²) < 4.78 is 7.07. The van der Waals surface area contributed by atoms with Crippen LogP contribution in [0.15, 0.2) is 30.5 Å². The van der Waals surface area contributed by atoms with Crippen LogP contribution in [0.3, 0.4) is 0 Å². The molecule has 1 aliphatic heterocycles. The van der Waals surface area contributed by atoms with Gasteiger partial charge in [0.05, 0.1) is 6.61 Å². The van der Waals surface area contributed by atoms with Gasteiger partial charge in [0.15, 0.2) is 6.04 Å². The molecule has 7 nitrogen and oxygen atoms in total. The molecule has 0 radical (unpaired) electrons. The minimum Gasteiger partial charge on any atom is -0.493 e. The van der Waals surface area contributed by atoms with Crippen molar-refractivity contribution in [2.45, 2.75) is 32.4 Å². The largest absolute Gasteiger partial charge is 0.493 e. The first kappa shape index (κ1) is 16.0. The number of aliphatic carboxylic acids is 1. The van der Waals surface area contributed by atoms with E-state index in [1.807, 2.05) is 13.8 Å². The van der Waals surface area contributed by atoms with Gasteiger partial charge in [0.25, 0.3) is 5.91 Å². The Morgan fingerprint density at radius 3 is 2.79 bits per heavy atom. The summed E-state index contributed by atoms with van der Waals surface area (Å²) in [4.78, 5) is 23.9. The third kappa shape index (κ3) is 3.10. The van der Waals surface area contributed by atoms with Crippen LogP contribution in [0.5, 0.6) is 5.75 Å². The third-order valence-electron chi connectivity index (χ3n) is 3.94. The molecule has 0 spiro atoms. The van der Waals surface area contributed by atoms with Gasteiger partial charge in [0, 0.05) is 18.7 Å². The molecular formula is C17H19N3O4. The van der Waals surface area contributed by atoms with Crippen LogP contribution < -0.4 is 10.1 Å². The van der Waals surface area contributed by atoms with E-state index in [1.165, 1.54) is 0 Å². The predicted octanol–water partition coefficient (Wildman–Crippen LogP) is 1.95. The number of nitrogens with one attached hydrogen (secondary N) is 1. The number of carbonyl (C=O) groups excluding carboxylic acids is 1. The van der Waals surface area contributed by atoms with Crippen LogP contribution in [0.1, 0.15) is 47.5 Å². The van der Waals surface area contributed by atoms with Crippen molar-refractivity contribution in [3.05, 3.63) is 47.3 Å². The number of carboxylic acid groups (broad SMARTS) is 1. The normalized spacial score (nSPS) is 14.1. The van der Waals surface area contributed by atoms with Gasteiger partial charge in [-0.15, -0.1) is 0 Å². The summed E-state index contributed by atoms with van der Waals surface area (Å²) in [6.07, 6.45) is 2.43. The fraction of sp³-hybridized carbons (Fsp3) is 0.353. The van der Waals surface area contributed by atoms with Gasteiger partial charge in [-0.05, 0) is 43.2 Å². The van der Waals surface area contributed by atoms with E-state index in [2.05, 4.69) is 10.4 Å². The van der Waals surface area contributed by atoms with Crippen molar-refractivity contribution in [2.75, 3.05) is 6.61 Å². The summed E-state index contributed by atoms with van der Waals surface area (Å²) in [5.41, 5.74) is 1.67. The van der Waals surface area contributed by atoms with Gasteiger partial charge >= 0.3 is 5.97 Å². The monoisotopic (exact) mass is 329 g/mol. The van der Waals surface area contributed by atoms with E-state index < -0.39 is 17.9 Å². The Bertz CT molecular complexity index is 782. The van der Waals surface area contributed by atoms with Crippen molar-refractivity contribution in [3.63, 3.8) is 0 Å². The third-order valence-corrected chi connectivity index (χ3v) is 3.94. The van der Waals surface area contributed by atoms with E-state index in [0.29, 0.717) is 12.2 Å². The van der Waals surface area contributed by atoms with E-state index in [-0.39, 0.29) is 11.7 Å². The second kappa shape index (κ2) is 6.35. The maximum Gasteiger partial charge on any atom is 0.330 e. The highest BCUT2D eigenvalue weighted by Gasteiger charge is 2.25. The molecular weight excluding hydrogens is 310 g/mol. The number of fused-ring (bicyclic) bond motifs is 1. The maximum absolute atomic E-state index is 12.3. The number of amides is 1. The molecule has 1 atom stereocenters. The topological polar surface area (TPSA) is 93.5 Å². The number of ether oxygens (including phenoxy) is 1. The van der Waals surface area contributed by atoms with Gasteiger partial charge in [0.2, 0.25) is 0 Å². The molecule has 0 bridgehead atoms. The van der Waals surface area contributed by atoms with Crippen LogP contribution in [0, 0.1) is 0 Å². The van der Waals surface area contributed by atoms with Crippen molar-refractivity contribution in [2.24, 2.45) is 0 Å². The average molecular weight is 329 g/mol. The fourth-order valence-electron chi connectivity index (χ4n) is 2.63. The smallest absolute Gasteiger partial charge is 0.330 e. The summed E-state index contributed by atoms with van der Waals surface area (Å²) in [5, 5.41) is 16.2. The number of nitrogens with zero attached hydrogens (tertiary/aromatic N) is 2. The Morgan fingerprint density at radius 1 is 1.33 bits per heavy atom. The lowest BCUT2D eigenvalue weighted by Gasteiger charge is -2.15. The molecule has 2 heterocycles. The van der Waals surface area contributed by atoms with E-state index >= 15 is 0 Å². The zero-order chi connectivity index (χ0) is 17.3. The van der Waals surface area contributed by atoms with E-state index in [9.17, 15) is 14.7 Å². The van der Waals surface area contributed by atoms with Crippen LogP contribution in [0.4, 0.5) is 0 Å². The SMILES string of the molecule is CC(C)n1ccc(C(=O)N[C@@H](C(=O)O)c2ccc3c(c2)CCO3)n1. The van der Waals surface area contributed by atoms with E-state index in [1.54, 1.807) is 35.1 Å². The van der Waals surface area contributed by atoms with Crippen molar-refractivity contribution in [1.29, 1.82) is 0 Å². The summed E-state index contributed by atoms with van der Waals surface area (Å²) >= 11 is 0. The Hall–Kier alpha value is -2.83. The molecule has 2 aromatic rings. The molecule has 1 amide bonds. The summed E-state index contributed by atoms with van der Waals surface area (Å²) in [5.74, 6) is -0.867. The number of rotatable bonds is 5. The first-order valence-electron chi connectivity index (χ1n) is 7.80. The Morgan fingerprint density at radius 2 is 2.12 bits per heavy atom. The van der Waals surface area contributed by atoms with Crippen molar-refractivity contribution < 1.29 is 19.4 Å². The number of aromatic nitrogens is 2. The van der Waals surface area contributed by atoms with Gasteiger partial charge in [-0.1, -0.05) is 6.07 Å². The molecule has 0 aliphatic carbocycles. The van der Waals surface area contributed by atoms with Crippen LogP contribution >= 0.6 is 0 Å². The zero-order valence-corrected chi connectivity index (χ0v) is 13.5. The van der Waals surface area contributed by atoms with Gasteiger partial charge in [-0.25, -0.2) is 4.79 Å². The minimum atomic E-state index is -1.13. The maximum atomic E-state index is 12.3. The zero-order valence-electron chi connectivity index (χ0n) is 13.5. The van der Waals surface area contributed by atoms with Gasteiger partial charge in [-0.3, -0.25) is 9.48 Å². The molecule has 0 saturated heterocycles. The molecule has 1 aromatic heterocycles. The van der Waals surface area contributed by atoms with Gasteiger partial charge in [0.1, 0.15) is 11.4 Å². The van der Waals surface area contributed by atoms with Crippen LogP contribution in [-0.4, -0.2) is 33.4 Å². The Balaban J connectivity index is 1.81. The lowest BCUT2D eigenvalue weighted by Crippen LogP contribution is -2.34. The van der Waals surface area contributed by atoms with Crippen molar-refractivity contribution in [1.82, 2.24) is 15.1 Å². The lowest BCUT2D eigenvalue weighted by atomic mass is 10.0. The molecule has 2 N–H and O–H groups in total. The van der Waals surface area contributed by atoms with Gasteiger partial charge < -0.3 is 15.2 Å². The second-order valence-corrected chi connectivity index (χ2v) is 5.99. The standard InChI is InChI=1S/C17H19N3O4/c1-10(2)20-7-5-13(19-20)16(21)18-15(17(22)23)12-3-4-14-11(9-12)6-8-24-14/h3-5,7,9-10,15H,6,8H2,1-2H3,(H,18,21)(H,22,23)/t15-/m1/s1. The average Bonchev–Trinajstić information content (AvgIpc) is 3.20. The summed E-state index contributed by atoms with van der Waals surface area (Å²) in [6, 6.07) is 5.74. The highest BCUT2D eigenvalue weighted by atomic mass is 16.5. The first-order chi connectivity index (χ1) is 11.5. The number of hydrogen-bond acceptors (Lipinski definition) is 4. The summed E-state index contributed by atoms with van der Waals surface area (Å²) in [6.45, 7) is 4.48. The molecule has 1 aromatic carbocycles. The molecule has 7 heteroatoms. The Labute approximate surface area is 139 Å². The first-order valence-corrected chi connectivity index (χ1v) is 7.80. The fourth-order valence-corrected chi connectivity index (χ4v) is 2.63. The highest BCUT2D eigenvalue weighted by molar-refractivity contribution is 5.95. The van der Waals surface area contributed by atoms with Crippen molar-refractivity contribution in [3.8, 4) is 5.75 Å². The molecule has 1 aliphatic rings. The molecule has 0 fully saturated rings. The van der Waals surface area contributed by atoms with Gasteiger partial charge in [-0.2, -0.15) is 5.10 Å². The summed E-state index contributed by atoms with van der Waals surface area (Å²) in [7, 11) is 0. The number of hydrogen-bond donors (Lipinski definition) is 2. The number of carboxylic acids is 1. The van der Waals surface area contributed by atoms with Crippen LogP contribution in [0.25, 0.3) is 0 Å². The van der Waals surface area contributed by atoms with E-state index in [0.717, 1.165) is 17.7 Å². The quantitative estimate of drug-likeness (QED) is 0.874. The number of carbonyl (C=O) groups is 2. The molecule has 0 saturated carbocycles. The van der Waals surface area contributed by atoms with Crippen LogP contribution in [0.2, 0.25) is 0 Å². The molecule has 0 unspecified atom stereocenters. The van der Waals surface area contributed by atoms with Crippen molar-refractivity contribution >= 4 is 11.9 Å². The highest BCUT2D eigenvalue weighted by Crippen LogP contribution is 2.28. The number of benzene rings is 1. The molecule has 3 rings (SSSR count). The lowest BCUT2D eigenvalue weighted by molar-refractivity contribution is -0.139. The minimum absolute atomic E-state index is 0.124. The second-order valence-electron chi connectivity index (χ2n) is 5.99. The predicted molar refractivity (Wildman–Crippen MR) is 86.1 cm³/mol. The van der Waals surface area contributed by atoms with Crippen LogP contribution in [-0.2, 0) is 11.2 Å².